The zero-order valence-electron chi connectivity index (χ0n) is 10.4. The van der Waals surface area contributed by atoms with Crippen LogP contribution in [-0.2, 0) is 4.79 Å². The fourth-order valence-electron chi connectivity index (χ4n) is 2.35. The predicted molar refractivity (Wildman–Crippen MR) is 64.7 cm³/mol. The highest BCUT2D eigenvalue weighted by atomic mass is 16.1. The molecule has 1 saturated carbocycles. The van der Waals surface area contributed by atoms with Crippen molar-refractivity contribution in [3.8, 4) is 0 Å². The maximum Gasteiger partial charge on any atom is 0.155 e. The van der Waals surface area contributed by atoms with Crippen molar-refractivity contribution >= 4 is 5.78 Å². The molecule has 0 radical (unpaired) electrons. The van der Waals surface area contributed by atoms with Gasteiger partial charge >= 0.3 is 0 Å². The van der Waals surface area contributed by atoms with Gasteiger partial charge < -0.3 is 0 Å². The third-order valence-corrected chi connectivity index (χ3v) is 3.57. The molecule has 1 nitrogen and oxygen atoms in total. The maximum absolute atomic E-state index is 11.2. The number of ketones is 1. The number of carbonyl (C=O) groups excluding carboxylic acids is 1. The summed E-state index contributed by atoms with van der Waals surface area (Å²) in [6, 6.07) is 0. The van der Waals surface area contributed by atoms with Gasteiger partial charge in [-0.2, -0.15) is 0 Å². The number of rotatable bonds is 2. The minimum atomic E-state index is 0.171. The van der Waals surface area contributed by atoms with Gasteiger partial charge in [0, 0.05) is 5.92 Å². The van der Waals surface area contributed by atoms with E-state index < -0.39 is 0 Å². The van der Waals surface area contributed by atoms with Crippen LogP contribution in [0.4, 0.5) is 0 Å². The lowest BCUT2D eigenvalue weighted by Gasteiger charge is -2.38. The molecule has 1 aliphatic carbocycles. The number of hydrogen-bond donors (Lipinski definition) is 0. The Labute approximate surface area is 93.3 Å². The molecule has 0 spiro atoms. The third-order valence-electron chi connectivity index (χ3n) is 3.57. The molecule has 0 aliphatic heterocycles. The van der Waals surface area contributed by atoms with E-state index in [4.69, 9.17) is 0 Å². The Morgan fingerprint density at radius 3 is 2.53 bits per heavy atom. The van der Waals surface area contributed by atoms with Crippen molar-refractivity contribution in [1.29, 1.82) is 0 Å². The Morgan fingerprint density at radius 2 is 2.07 bits per heavy atom. The van der Waals surface area contributed by atoms with E-state index in [9.17, 15) is 4.79 Å². The quantitative estimate of drug-likeness (QED) is 0.494. The van der Waals surface area contributed by atoms with Crippen molar-refractivity contribution in [3.63, 3.8) is 0 Å². The zero-order valence-corrected chi connectivity index (χ0v) is 10.4. The summed E-state index contributed by atoms with van der Waals surface area (Å²) in [5.41, 5.74) is 2.41. The van der Waals surface area contributed by atoms with E-state index in [0.29, 0.717) is 5.92 Å². The number of allylic oxidation sites excluding steroid dienone is 3. The molecule has 1 aliphatic rings. The first-order chi connectivity index (χ1) is 6.84. The van der Waals surface area contributed by atoms with Crippen LogP contribution in [0.15, 0.2) is 23.8 Å². The Balaban J connectivity index is 2.94. The molecule has 1 atom stereocenters. The van der Waals surface area contributed by atoms with Crippen molar-refractivity contribution in [2.75, 3.05) is 0 Å². The molecule has 0 bridgehead atoms. The highest BCUT2D eigenvalue weighted by Gasteiger charge is 2.33. The molecule has 0 saturated heterocycles. The molecule has 0 heterocycles. The van der Waals surface area contributed by atoms with Crippen LogP contribution in [-0.4, -0.2) is 5.78 Å². The molecule has 1 rings (SSSR count). The van der Waals surface area contributed by atoms with E-state index >= 15 is 0 Å². The van der Waals surface area contributed by atoms with Crippen molar-refractivity contribution < 1.29 is 4.79 Å². The Hall–Kier alpha value is -0.850. The lowest BCUT2D eigenvalue weighted by Crippen LogP contribution is -2.28. The largest absolute Gasteiger partial charge is 0.295 e. The smallest absolute Gasteiger partial charge is 0.155 e. The van der Waals surface area contributed by atoms with Gasteiger partial charge in [-0.1, -0.05) is 32.1 Å². The summed E-state index contributed by atoms with van der Waals surface area (Å²) in [7, 11) is 0. The maximum atomic E-state index is 11.2. The monoisotopic (exact) mass is 206 g/mol. The van der Waals surface area contributed by atoms with E-state index in [0.717, 1.165) is 12.0 Å². The summed E-state index contributed by atoms with van der Waals surface area (Å²) >= 11 is 0. The van der Waals surface area contributed by atoms with Crippen LogP contribution in [0.1, 0.15) is 47.0 Å². The average Bonchev–Trinajstić information content (AvgIpc) is 2.10. The fourth-order valence-corrected chi connectivity index (χ4v) is 2.35. The molecule has 0 aromatic rings. The Kier molecular flexibility index (Phi) is 3.54. The number of hydrogen-bond acceptors (Lipinski definition) is 1. The van der Waals surface area contributed by atoms with Gasteiger partial charge in [0.15, 0.2) is 5.78 Å². The predicted octanol–water partition coefficient (Wildman–Crippen LogP) is 3.90. The number of carbonyl (C=O) groups is 1. The summed E-state index contributed by atoms with van der Waals surface area (Å²) in [6.07, 6.45) is 5.67. The van der Waals surface area contributed by atoms with Gasteiger partial charge in [-0.25, -0.2) is 0 Å². The van der Waals surface area contributed by atoms with Crippen LogP contribution >= 0.6 is 0 Å². The normalized spacial score (nSPS) is 26.5. The van der Waals surface area contributed by atoms with E-state index in [1.807, 2.05) is 6.92 Å². The van der Waals surface area contributed by atoms with Crippen molar-refractivity contribution in [3.05, 3.63) is 23.8 Å². The molecule has 0 unspecified atom stereocenters. The minimum Gasteiger partial charge on any atom is -0.295 e. The van der Waals surface area contributed by atoms with Gasteiger partial charge in [-0.3, -0.25) is 4.79 Å². The van der Waals surface area contributed by atoms with Crippen LogP contribution in [0.25, 0.3) is 0 Å². The molecule has 0 aromatic carbocycles. The Morgan fingerprint density at radius 1 is 1.47 bits per heavy atom. The molecular formula is C14H22O. The van der Waals surface area contributed by atoms with E-state index in [1.54, 1.807) is 6.92 Å². The van der Waals surface area contributed by atoms with E-state index in [2.05, 4.69) is 26.5 Å². The van der Waals surface area contributed by atoms with Gasteiger partial charge in [-0.05, 0) is 44.1 Å². The first-order valence-electron chi connectivity index (χ1n) is 5.71. The summed E-state index contributed by atoms with van der Waals surface area (Å²) in [5, 5.41) is 0. The van der Waals surface area contributed by atoms with Gasteiger partial charge in [0.1, 0.15) is 0 Å². The third kappa shape index (κ3) is 2.80. The van der Waals surface area contributed by atoms with Crippen molar-refractivity contribution in [2.45, 2.75) is 47.0 Å². The van der Waals surface area contributed by atoms with Crippen molar-refractivity contribution in [1.82, 2.24) is 0 Å². The standard InChI is InChI=1S/C14H22O/c1-10-7-6-8-14(4,5)13(10)9-11(2)12(3)15/h9,13H,1,6-8H2,2-5H3/b11-9+/t13-/m0/s1. The van der Waals surface area contributed by atoms with Crippen LogP contribution in [0.3, 0.4) is 0 Å². The molecule has 1 fully saturated rings. The molecular weight excluding hydrogens is 184 g/mol. The SMILES string of the molecule is C=C1CCCC(C)(C)[C@H]1/C=C(\C)C(C)=O. The van der Waals surface area contributed by atoms with E-state index in [-0.39, 0.29) is 11.2 Å². The van der Waals surface area contributed by atoms with Gasteiger partial charge in [0.2, 0.25) is 0 Å². The lowest BCUT2D eigenvalue weighted by atomic mass is 9.66. The highest BCUT2D eigenvalue weighted by Crippen LogP contribution is 2.44. The molecule has 84 valence electrons. The topological polar surface area (TPSA) is 17.1 Å². The summed E-state index contributed by atoms with van der Waals surface area (Å²) in [6.45, 7) is 12.2. The highest BCUT2D eigenvalue weighted by molar-refractivity contribution is 5.92. The first-order valence-corrected chi connectivity index (χ1v) is 5.71. The van der Waals surface area contributed by atoms with E-state index in [1.165, 1.54) is 18.4 Å². The minimum absolute atomic E-state index is 0.171. The van der Waals surface area contributed by atoms with Gasteiger partial charge in [-0.15, -0.1) is 0 Å². The van der Waals surface area contributed by atoms with Crippen LogP contribution in [0.2, 0.25) is 0 Å². The second kappa shape index (κ2) is 4.34. The molecule has 0 amide bonds. The van der Waals surface area contributed by atoms with Gasteiger partial charge in [0.25, 0.3) is 0 Å². The lowest BCUT2D eigenvalue weighted by molar-refractivity contribution is -0.113. The molecule has 15 heavy (non-hydrogen) atoms. The molecule has 0 aromatic heterocycles. The number of Topliss-reactive ketones (excluding diaryl/α,β-unsaturated/α-hetero) is 1. The zero-order chi connectivity index (χ0) is 11.6. The van der Waals surface area contributed by atoms with Gasteiger partial charge in [0.05, 0.1) is 0 Å². The Bertz CT molecular complexity index is 307. The summed E-state index contributed by atoms with van der Waals surface area (Å²) < 4.78 is 0. The van der Waals surface area contributed by atoms with Crippen LogP contribution in [0.5, 0.6) is 0 Å². The second-order valence-electron chi connectivity index (χ2n) is 5.38. The van der Waals surface area contributed by atoms with Crippen LogP contribution < -0.4 is 0 Å². The first kappa shape index (κ1) is 12.2. The summed E-state index contributed by atoms with van der Waals surface area (Å²) in [4.78, 5) is 11.2. The second-order valence-corrected chi connectivity index (χ2v) is 5.38. The fraction of sp³-hybridized carbons (Fsp3) is 0.643. The average molecular weight is 206 g/mol. The van der Waals surface area contributed by atoms with Crippen molar-refractivity contribution in [2.24, 2.45) is 11.3 Å². The van der Waals surface area contributed by atoms with Crippen LogP contribution in [0, 0.1) is 11.3 Å². The molecule has 1 heteroatoms. The molecule has 0 N–H and O–H groups in total. The summed E-state index contributed by atoms with van der Waals surface area (Å²) in [5.74, 6) is 0.541.